The molecule has 2 N–H and O–H groups in total. The van der Waals surface area contributed by atoms with Crippen LogP contribution in [-0.4, -0.2) is 16.8 Å². The molecule has 27 heavy (non-hydrogen) atoms. The normalized spacial score (nSPS) is 11.3. The van der Waals surface area contributed by atoms with Crippen LogP contribution in [0.25, 0.3) is 0 Å². The molecule has 0 radical (unpaired) electrons. The predicted octanol–water partition coefficient (Wildman–Crippen LogP) is 4.77. The third-order valence-electron chi connectivity index (χ3n) is 4.31. The van der Waals surface area contributed by atoms with Crippen LogP contribution >= 0.6 is 11.3 Å². The van der Waals surface area contributed by atoms with E-state index in [1.807, 2.05) is 17.5 Å². The lowest BCUT2D eigenvalue weighted by Crippen LogP contribution is -2.35. The Balaban J connectivity index is 2.02. The number of nitrogens with zero attached hydrogens (tertiary/aromatic N) is 1. The van der Waals surface area contributed by atoms with Crippen molar-refractivity contribution in [2.75, 3.05) is 5.32 Å². The molecule has 146 valence electrons. The first-order chi connectivity index (χ1) is 12.7. The zero-order chi connectivity index (χ0) is 20.1. The minimum absolute atomic E-state index is 0.242. The van der Waals surface area contributed by atoms with E-state index in [2.05, 4.69) is 63.2 Å². The molecule has 1 heterocycles. The van der Waals surface area contributed by atoms with Crippen molar-refractivity contribution in [1.29, 1.82) is 0 Å². The van der Waals surface area contributed by atoms with E-state index in [1.54, 1.807) is 11.3 Å². The first-order valence-corrected chi connectivity index (χ1v) is 10.2. The molecule has 2 rings (SSSR count). The first-order valence-electron chi connectivity index (χ1n) is 9.36. The zero-order valence-corrected chi connectivity index (χ0v) is 17.7. The summed E-state index contributed by atoms with van der Waals surface area (Å²) < 4.78 is 0. The second-order valence-electron chi connectivity index (χ2n) is 7.62. The van der Waals surface area contributed by atoms with Gasteiger partial charge in [0.15, 0.2) is 0 Å². The molecule has 0 saturated carbocycles. The number of hydrogen-bond acceptors (Lipinski definition) is 4. The summed E-state index contributed by atoms with van der Waals surface area (Å²) in [5.74, 6) is -0.313. The van der Waals surface area contributed by atoms with Gasteiger partial charge in [-0.05, 0) is 29.0 Å². The van der Waals surface area contributed by atoms with Crippen LogP contribution in [0.4, 0.5) is 5.69 Å². The van der Waals surface area contributed by atoms with Gasteiger partial charge >= 0.3 is 11.8 Å². The molecule has 0 spiro atoms. The largest absolute Gasteiger partial charge is 0.342 e. The van der Waals surface area contributed by atoms with Gasteiger partial charge in [-0.2, -0.15) is 0 Å². The van der Waals surface area contributed by atoms with E-state index in [0.29, 0.717) is 17.5 Å². The van der Waals surface area contributed by atoms with E-state index in [9.17, 15) is 9.59 Å². The summed E-state index contributed by atoms with van der Waals surface area (Å²) in [6.07, 6.45) is 0. The Hall–Kier alpha value is -2.21. The van der Waals surface area contributed by atoms with Crippen LogP contribution < -0.4 is 10.6 Å². The number of carbonyl (C=O) groups excluding carboxylic acids is 2. The Morgan fingerprint density at radius 1 is 1.00 bits per heavy atom. The van der Waals surface area contributed by atoms with Crippen LogP contribution in [0.15, 0.2) is 23.6 Å². The van der Waals surface area contributed by atoms with Crippen LogP contribution in [-0.2, 0) is 16.1 Å². The second-order valence-corrected chi connectivity index (χ2v) is 8.51. The molecular formula is C21H29N3O2S. The highest BCUT2D eigenvalue weighted by atomic mass is 32.1. The van der Waals surface area contributed by atoms with Gasteiger partial charge in [-0.1, -0.05) is 53.7 Å². The van der Waals surface area contributed by atoms with E-state index >= 15 is 0 Å². The molecule has 2 aromatic rings. The third-order valence-corrected chi connectivity index (χ3v) is 5.51. The number of hydrogen-bond donors (Lipinski definition) is 2. The molecule has 0 bridgehead atoms. The highest BCUT2D eigenvalue weighted by molar-refractivity contribution is 7.09. The van der Waals surface area contributed by atoms with Crippen LogP contribution in [0, 0.1) is 0 Å². The van der Waals surface area contributed by atoms with Crippen molar-refractivity contribution in [3.05, 3.63) is 45.4 Å². The minimum Gasteiger partial charge on any atom is -0.342 e. The average Bonchev–Trinajstić information content (AvgIpc) is 3.08. The summed E-state index contributed by atoms with van der Waals surface area (Å²) in [5.41, 5.74) is 3.70. The van der Waals surface area contributed by atoms with Crippen molar-refractivity contribution in [3.8, 4) is 0 Å². The summed E-state index contributed by atoms with van der Waals surface area (Å²) in [5, 5.41) is 8.33. The van der Waals surface area contributed by atoms with E-state index < -0.39 is 11.8 Å². The highest BCUT2D eigenvalue weighted by Crippen LogP contribution is 2.28. The van der Waals surface area contributed by atoms with Crippen molar-refractivity contribution < 1.29 is 9.59 Å². The fraction of sp³-hybridized carbons (Fsp3) is 0.476. The molecule has 0 fully saturated rings. The Labute approximate surface area is 165 Å². The quantitative estimate of drug-likeness (QED) is 0.702. The third kappa shape index (κ3) is 5.63. The molecule has 0 atom stereocenters. The van der Waals surface area contributed by atoms with Gasteiger partial charge in [0.05, 0.1) is 17.2 Å². The van der Waals surface area contributed by atoms with Gasteiger partial charge in [-0.3, -0.25) is 9.59 Å². The van der Waals surface area contributed by atoms with Crippen molar-refractivity contribution in [2.45, 2.75) is 65.8 Å². The summed E-state index contributed by atoms with van der Waals surface area (Å²) >= 11 is 1.57. The van der Waals surface area contributed by atoms with Gasteiger partial charge in [-0.15, -0.1) is 11.3 Å². The van der Waals surface area contributed by atoms with Gasteiger partial charge in [-0.25, -0.2) is 4.98 Å². The Kier molecular flexibility index (Phi) is 7.13. The van der Waals surface area contributed by atoms with E-state index in [0.717, 1.165) is 16.3 Å². The average molecular weight is 388 g/mol. The van der Waals surface area contributed by atoms with Crippen LogP contribution in [0.5, 0.6) is 0 Å². The molecule has 0 aliphatic rings. The lowest BCUT2D eigenvalue weighted by Gasteiger charge is -2.17. The van der Waals surface area contributed by atoms with Crippen LogP contribution in [0.1, 0.15) is 81.1 Å². The summed E-state index contributed by atoms with van der Waals surface area (Å²) in [6.45, 7) is 12.8. The molecule has 0 saturated heterocycles. The van der Waals surface area contributed by atoms with E-state index in [4.69, 9.17) is 0 Å². The maximum atomic E-state index is 12.3. The molecule has 5 nitrogen and oxygen atoms in total. The molecule has 1 aromatic carbocycles. The molecule has 0 aliphatic heterocycles. The van der Waals surface area contributed by atoms with Crippen LogP contribution in [0.2, 0.25) is 0 Å². The fourth-order valence-corrected chi connectivity index (χ4v) is 3.47. The summed E-state index contributed by atoms with van der Waals surface area (Å²) in [4.78, 5) is 28.9. The topological polar surface area (TPSA) is 71.1 Å². The zero-order valence-electron chi connectivity index (χ0n) is 16.9. The number of aromatic nitrogens is 1. The molecule has 0 aliphatic carbocycles. The van der Waals surface area contributed by atoms with Gasteiger partial charge in [0.2, 0.25) is 0 Å². The Bertz CT molecular complexity index is 810. The first kappa shape index (κ1) is 21.1. The van der Waals surface area contributed by atoms with Gasteiger partial charge < -0.3 is 10.6 Å². The molecule has 0 unspecified atom stereocenters. The van der Waals surface area contributed by atoms with Crippen molar-refractivity contribution in [1.82, 2.24) is 10.3 Å². The van der Waals surface area contributed by atoms with Gasteiger partial charge in [0.25, 0.3) is 0 Å². The van der Waals surface area contributed by atoms with Gasteiger partial charge in [0.1, 0.15) is 0 Å². The second kappa shape index (κ2) is 9.13. The molecule has 1 aromatic heterocycles. The number of amides is 2. The smallest absolute Gasteiger partial charge is 0.313 e. The maximum absolute atomic E-state index is 12.3. The monoisotopic (exact) mass is 387 g/mol. The lowest BCUT2D eigenvalue weighted by molar-refractivity contribution is -0.136. The molecule has 2 amide bonds. The van der Waals surface area contributed by atoms with Gasteiger partial charge in [0, 0.05) is 17.0 Å². The van der Waals surface area contributed by atoms with E-state index in [-0.39, 0.29) is 12.5 Å². The Morgan fingerprint density at radius 3 is 2.26 bits per heavy atom. The number of thiazole rings is 1. The number of carbonyl (C=O) groups is 2. The molecular weight excluding hydrogens is 358 g/mol. The Morgan fingerprint density at radius 2 is 1.70 bits per heavy atom. The van der Waals surface area contributed by atoms with E-state index in [1.165, 1.54) is 5.56 Å². The van der Waals surface area contributed by atoms with Crippen molar-refractivity contribution in [3.63, 3.8) is 0 Å². The number of rotatable bonds is 6. The number of benzene rings is 1. The van der Waals surface area contributed by atoms with Crippen molar-refractivity contribution in [2.24, 2.45) is 0 Å². The minimum atomic E-state index is -0.659. The predicted molar refractivity (Wildman–Crippen MR) is 111 cm³/mol. The SMILES string of the molecule is CC(C)c1ccc(NC(=O)C(=O)NCc2csc(C(C)C)n2)c(C(C)C)c1. The number of nitrogens with one attached hydrogen (secondary N) is 2. The summed E-state index contributed by atoms with van der Waals surface area (Å²) in [7, 11) is 0. The fourth-order valence-electron chi connectivity index (χ4n) is 2.63. The van der Waals surface area contributed by atoms with Crippen LogP contribution in [0.3, 0.4) is 0 Å². The molecule has 6 heteroatoms. The number of anilines is 1. The standard InChI is InChI=1S/C21H29N3O2S/c1-12(2)15-7-8-18(17(9-15)13(3)4)24-20(26)19(25)22-10-16-11-27-21(23-16)14(5)6/h7-9,11-14H,10H2,1-6H3,(H,22,25)(H,24,26). The lowest BCUT2D eigenvalue weighted by atomic mass is 9.94. The summed E-state index contributed by atoms with van der Waals surface area (Å²) in [6, 6.07) is 5.98. The highest BCUT2D eigenvalue weighted by Gasteiger charge is 2.17. The van der Waals surface area contributed by atoms with Crippen molar-refractivity contribution >= 4 is 28.8 Å². The maximum Gasteiger partial charge on any atom is 0.313 e.